The van der Waals surface area contributed by atoms with Crippen molar-refractivity contribution in [1.29, 1.82) is 0 Å². The van der Waals surface area contributed by atoms with E-state index in [0.717, 1.165) is 50.5 Å². The summed E-state index contributed by atoms with van der Waals surface area (Å²) in [6.45, 7) is 3.85. The van der Waals surface area contributed by atoms with E-state index in [2.05, 4.69) is 79.8 Å². The molecule has 2 unspecified atom stereocenters. The number of hydrogen-bond donors (Lipinski definition) is 3. The molecular formula is C36H45NO7. The standard InChI is InChI=1S/C36H45NO7/c1-26-17-18-28(23-27(26)2)13-7-4-3-5-12-22-43-33(34(36(41)42)44-25-32(38)39)35(40)37-21-11-6-8-14-29-19-20-30-15-9-10-16-31(30)24-29/h7,9-10,13,15-20,23-24,33-34H,3-6,8,11-12,14,21-22,25H2,1-2H3,(H,37,40)(H,38,39)(H,41,42)/b13-7+. The number of carbonyl (C=O) groups excluding carboxylic acids is 1. The summed E-state index contributed by atoms with van der Waals surface area (Å²) in [5.41, 5.74) is 4.95. The summed E-state index contributed by atoms with van der Waals surface area (Å²) < 4.78 is 10.7. The molecule has 0 aromatic heterocycles. The fraction of sp³-hybridized carbons (Fsp3) is 0.417. The van der Waals surface area contributed by atoms with Crippen molar-refractivity contribution in [3.8, 4) is 0 Å². The summed E-state index contributed by atoms with van der Waals surface area (Å²) in [4.78, 5) is 35.8. The van der Waals surface area contributed by atoms with Crippen LogP contribution in [0, 0.1) is 13.8 Å². The number of aryl methyl sites for hydroxylation is 3. The number of allylic oxidation sites excluding steroid dienone is 1. The van der Waals surface area contributed by atoms with Crippen molar-refractivity contribution in [2.24, 2.45) is 0 Å². The fourth-order valence-electron chi connectivity index (χ4n) is 4.93. The van der Waals surface area contributed by atoms with Crippen LogP contribution in [0.5, 0.6) is 0 Å². The molecular weight excluding hydrogens is 558 g/mol. The topological polar surface area (TPSA) is 122 Å². The molecule has 0 saturated carbocycles. The molecule has 0 saturated heterocycles. The van der Waals surface area contributed by atoms with Gasteiger partial charge in [0, 0.05) is 13.2 Å². The number of ether oxygens (including phenoxy) is 2. The van der Waals surface area contributed by atoms with E-state index in [1.165, 1.54) is 27.5 Å². The van der Waals surface area contributed by atoms with Crippen molar-refractivity contribution in [3.05, 3.63) is 89.0 Å². The average Bonchev–Trinajstić information content (AvgIpc) is 3.00. The predicted octanol–water partition coefficient (Wildman–Crippen LogP) is 6.50. The zero-order chi connectivity index (χ0) is 31.7. The van der Waals surface area contributed by atoms with E-state index in [9.17, 15) is 19.5 Å². The van der Waals surface area contributed by atoms with E-state index >= 15 is 0 Å². The summed E-state index contributed by atoms with van der Waals surface area (Å²) >= 11 is 0. The second-order valence-corrected chi connectivity index (χ2v) is 11.1. The largest absolute Gasteiger partial charge is 0.480 e. The van der Waals surface area contributed by atoms with E-state index < -0.39 is 36.7 Å². The Labute approximate surface area is 260 Å². The smallest absolute Gasteiger partial charge is 0.336 e. The molecule has 8 heteroatoms. The van der Waals surface area contributed by atoms with Crippen LogP contribution in [-0.2, 0) is 30.3 Å². The van der Waals surface area contributed by atoms with E-state index in [0.29, 0.717) is 13.0 Å². The molecule has 8 nitrogen and oxygen atoms in total. The van der Waals surface area contributed by atoms with Crippen LogP contribution in [0.2, 0.25) is 0 Å². The summed E-state index contributed by atoms with van der Waals surface area (Å²) in [6, 6.07) is 21.1. The van der Waals surface area contributed by atoms with Gasteiger partial charge in [-0.25, -0.2) is 9.59 Å². The average molecular weight is 604 g/mol. The maximum Gasteiger partial charge on any atom is 0.336 e. The molecule has 0 aliphatic heterocycles. The number of benzene rings is 3. The van der Waals surface area contributed by atoms with Crippen LogP contribution in [0.25, 0.3) is 16.8 Å². The Kier molecular flexibility index (Phi) is 14.6. The van der Waals surface area contributed by atoms with Crippen LogP contribution < -0.4 is 5.32 Å². The summed E-state index contributed by atoms with van der Waals surface area (Å²) in [5, 5.41) is 23.8. The number of carboxylic acid groups (broad SMARTS) is 2. The number of fused-ring (bicyclic) bond motifs is 1. The van der Waals surface area contributed by atoms with Crippen molar-refractivity contribution in [2.45, 2.75) is 77.4 Å². The van der Waals surface area contributed by atoms with Gasteiger partial charge in [0.05, 0.1) is 0 Å². The summed E-state index contributed by atoms with van der Waals surface area (Å²) in [7, 11) is 0. The van der Waals surface area contributed by atoms with Gasteiger partial charge in [0.15, 0.2) is 12.2 Å². The second-order valence-electron chi connectivity index (χ2n) is 11.1. The van der Waals surface area contributed by atoms with Crippen LogP contribution in [0.15, 0.2) is 66.7 Å². The van der Waals surface area contributed by atoms with E-state index in [1.54, 1.807) is 0 Å². The Balaban J connectivity index is 1.41. The van der Waals surface area contributed by atoms with Crippen LogP contribution in [0.4, 0.5) is 0 Å². The van der Waals surface area contributed by atoms with Gasteiger partial charge in [-0.3, -0.25) is 4.79 Å². The van der Waals surface area contributed by atoms with Crippen molar-refractivity contribution in [1.82, 2.24) is 5.32 Å². The van der Waals surface area contributed by atoms with Crippen LogP contribution in [-0.4, -0.2) is 60.0 Å². The summed E-state index contributed by atoms with van der Waals surface area (Å²) in [6.07, 6.45) is 7.79. The molecule has 0 spiro atoms. The number of aliphatic carboxylic acids is 2. The molecule has 3 N–H and O–H groups in total. The monoisotopic (exact) mass is 603 g/mol. The molecule has 44 heavy (non-hydrogen) atoms. The lowest BCUT2D eigenvalue weighted by molar-refractivity contribution is -0.172. The molecule has 2 atom stereocenters. The van der Waals surface area contributed by atoms with E-state index in [-0.39, 0.29) is 6.61 Å². The van der Waals surface area contributed by atoms with Gasteiger partial charge in [-0.1, -0.05) is 85.7 Å². The Morgan fingerprint density at radius 1 is 0.795 bits per heavy atom. The molecule has 1 amide bonds. The molecule has 0 aliphatic carbocycles. The van der Waals surface area contributed by atoms with Crippen molar-refractivity contribution < 1.29 is 34.1 Å². The van der Waals surface area contributed by atoms with Crippen molar-refractivity contribution >= 4 is 34.7 Å². The maximum absolute atomic E-state index is 13.0. The number of amides is 1. The molecule has 0 aliphatic rings. The highest BCUT2D eigenvalue weighted by Gasteiger charge is 2.36. The fourth-order valence-corrected chi connectivity index (χ4v) is 4.93. The highest BCUT2D eigenvalue weighted by atomic mass is 16.6. The molecule has 0 heterocycles. The first-order valence-electron chi connectivity index (χ1n) is 15.4. The minimum Gasteiger partial charge on any atom is -0.480 e. The first-order valence-corrected chi connectivity index (χ1v) is 15.4. The third-order valence-corrected chi connectivity index (χ3v) is 7.57. The summed E-state index contributed by atoms with van der Waals surface area (Å²) in [5.74, 6) is -3.39. The number of unbranched alkanes of at least 4 members (excludes halogenated alkanes) is 5. The number of carboxylic acids is 2. The Bertz CT molecular complexity index is 1400. The van der Waals surface area contributed by atoms with Gasteiger partial charge >= 0.3 is 11.9 Å². The first kappa shape index (κ1) is 34.5. The Hall–Kier alpha value is -4.01. The number of rotatable bonds is 20. The SMILES string of the molecule is Cc1ccc(/C=C/CCCCCOC(C(=O)NCCCCCc2ccc3ccccc3c2)C(OCC(=O)O)C(=O)O)cc1C. The lowest BCUT2D eigenvalue weighted by Gasteiger charge is -2.23. The van der Waals surface area contributed by atoms with E-state index in [1.807, 2.05) is 12.1 Å². The van der Waals surface area contributed by atoms with Gasteiger partial charge in [0.1, 0.15) is 6.61 Å². The van der Waals surface area contributed by atoms with Crippen molar-refractivity contribution in [3.63, 3.8) is 0 Å². The minimum absolute atomic E-state index is 0.158. The Morgan fingerprint density at radius 3 is 2.32 bits per heavy atom. The zero-order valence-corrected chi connectivity index (χ0v) is 25.8. The number of nitrogens with one attached hydrogen (secondary N) is 1. The quantitative estimate of drug-likeness (QED) is 0.126. The second kappa shape index (κ2) is 18.6. The van der Waals surface area contributed by atoms with Gasteiger partial charge in [0.25, 0.3) is 5.91 Å². The zero-order valence-electron chi connectivity index (χ0n) is 25.8. The van der Waals surface area contributed by atoms with Crippen LogP contribution in [0.3, 0.4) is 0 Å². The van der Waals surface area contributed by atoms with Gasteiger partial charge in [0.2, 0.25) is 0 Å². The lowest BCUT2D eigenvalue weighted by atomic mass is 10.0. The Morgan fingerprint density at radius 2 is 1.57 bits per heavy atom. The molecule has 3 aromatic rings. The van der Waals surface area contributed by atoms with Gasteiger partial charge < -0.3 is 25.0 Å². The number of carbonyl (C=O) groups is 3. The predicted molar refractivity (Wildman–Crippen MR) is 173 cm³/mol. The number of hydrogen-bond acceptors (Lipinski definition) is 5. The minimum atomic E-state index is -1.72. The molecule has 3 rings (SSSR count). The molecule has 0 radical (unpaired) electrons. The van der Waals surface area contributed by atoms with Gasteiger partial charge in [-0.2, -0.15) is 0 Å². The molecule has 3 aromatic carbocycles. The normalized spacial score (nSPS) is 12.8. The van der Waals surface area contributed by atoms with Crippen LogP contribution in [0.1, 0.15) is 67.2 Å². The third kappa shape index (κ3) is 11.9. The van der Waals surface area contributed by atoms with E-state index in [4.69, 9.17) is 14.6 Å². The highest BCUT2D eigenvalue weighted by Crippen LogP contribution is 2.17. The molecule has 0 bridgehead atoms. The van der Waals surface area contributed by atoms with Crippen molar-refractivity contribution in [2.75, 3.05) is 19.8 Å². The lowest BCUT2D eigenvalue weighted by Crippen LogP contribution is -2.49. The van der Waals surface area contributed by atoms with Crippen LogP contribution >= 0.6 is 0 Å². The molecule has 0 fully saturated rings. The maximum atomic E-state index is 13.0. The van der Waals surface area contributed by atoms with Gasteiger partial charge in [-0.15, -0.1) is 0 Å². The third-order valence-electron chi connectivity index (χ3n) is 7.57. The highest BCUT2D eigenvalue weighted by molar-refractivity contribution is 5.88. The molecule has 236 valence electrons. The first-order chi connectivity index (χ1) is 21.2. The van der Waals surface area contributed by atoms with Gasteiger partial charge in [-0.05, 0) is 85.4 Å².